The Morgan fingerprint density at radius 1 is 1.45 bits per heavy atom. The Balaban J connectivity index is 2.44. The molecular formula is C13H14N2O5. The highest BCUT2D eigenvalue weighted by molar-refractivity contribution is 6.01. The quantitative estimate of drug-likeness (QED) is 0.668. The van der Waals surface area contributed by atoms with E-state index in [1.165, 1.54) is 17.0 Å². The van der Waals surface area contributed by atoms with Gasteiger partial charge in [0.2, 0.25) is 0 Å². The number of aryl methyl sites for hydroxylation is 1. The van der Waals surface area contributed by atoms with Gasteiger partial charge in [-0.05, 0) is 25.3 Å². The van der Waals surface area contributed by atoms with Crippen LogP contribution in [0.25, 0.3) is 0 Å². The third-order valence-electron chi connectivity index (χ3n) is 3.46. The number of carbonyl (C=O) groups excluding carboxylic acids is 1. The van der Waals surface area contributed by atoms with Crippen molar-refractivity contribution in [3.05, 3.63) is 39.4 Å². The predicted molar refractivity (Wildman–Crippen MR) is 69.5 cm³/mol. The minimum absolute atomic E-state index is 0.0225. The summed E-state index contributed by atoms with van der Waals surface area (Å²) in [6.45, 7) is 1.91. The van der Waals surface area contributed by atoms with Crippen molar-refractivity contribution < 1.29 is 19.6 Å². The van der Waals surface area contributed by atoms with Gasteiger partial charge >= 0.3 is 5.97 Å². The Hall–Kier alpha value is -2.44. The molecule has 0 spiro atoms. The van der Waals surface area contributed by atoms with Crippen molar-refractivity contribution in [2.45, 2.75) is 25.8 Å². The molecule has 0 aliphatic carbocycles. The number of hydrogen-bond donors (Lipinski definition) is 1. The second-order valence-corrected chi connectivity index (χ2v) is 4.72. The molecule has 0 saturated carbocycles. The van der Waals surface area contributed by atoms with E-state index in [0.29, 0.717) is 24.9 Å². The van der Waals surface area contributed by atoms with Gasteiger partial charge in [-0.15, -0.1) is 0 Å². The molecule has 1 amide bonds. The van der Waals surface area contributed by atoms with Gasteiger partial charge < -0.3 is 10.0 Å². The largest absolute Gasteiger partial charge is 0.480 e. The molecule has 0 aromatic heterocycles. The lowest BCUT2D eigenvalue weighted by Gasteiger charge is -2.22. The van der Waals surface area contributed by atoms with Gasteiger partial charge in [0.1, 0.15) is 11.6 Å². The highest BCUT2D eigenvalue weighted by atomic mass is 16.6. The smallest absolute Gasteiger partial charge is 0.326 e. The molecule has 1 atom stereocenters. The maximum absolute atomic E-state index is 12.5. The molecule has 0 radical (unpaired) electrons. The molecule has 1 aliphatic heterocycles. The van der Waals surface area contributed by atoms with Gasteiger partial charge in [-0.2, -0.15) is 0 Å². The molecule has 1 N–H and O–H groups in total. The van der Waals surface area contributed by atoms with Crippen LogP contribution in [0.3, 0.4) is 0 Å². The number of nitro benzene ring substituents is 1. The van der Waals surface area contributed by atoms with Crippen molar-refractivity contribution >= 4 is 17.6 Å². The highest BCUT2D eigenvalue weighted by Gasteiger charge is 2.37. The first-order chi connectivity index (χ1) is 9.43. The molecule has 1 fully saturated rings. The van der Waals surface area contributed by atoms with Crippen LogP contribution >= 0.6 is 0 Å². The summed E-state index contributed by atoms with van der Waals surface area (Å²) >= 11 is 0. The molecule has 0 bridgehead atoms. The minimum atomic E-state index is -1.08. The van der Waals surface area contributed by atoms with Crippen LogP contribution < -0.4 is 0 Å². The first kappa shape index (κ1) is 14.0. The van der Waals surface area contributed by atoms with E-state index in [4.69, 9.17) is 5.11 Å². The maximum Gasteiger partial charge on any atom is 0.326 e. The van der Waals surface area contributed by atoms with Crippen LogP contribution in [0.2, 0.25) is 0 Å². The monoisotopic (exact) mass is 278 g/mol. The predicted octanol–water partition coefficient (Wildman–Crippen LogP) is 1.59. The van der Waals surface area contributed by atoms with E-state index >= 15 is 0 Å². The zero-order chi connectivity index (χ0) is 14.9. The van der Waals surface area contributed by atoms with Gasteiger partial charge in [0, 0.05) is 12.6 Å². The number of carboxylic acid groups (broad SMARTS) is 1. The second kappa shape index (κ2) is 5.28. The van der Waals surface area contributed by atoms with Crippen LogP contribution in [-0.4, -0.2) is 39.4 Å². The molecule has 1 heterocycles. The fourth-order valence-corrected chi connectivity index (χ4v) is 2.49. The molecule has 0 unspecified atom stereocenters. The summed E-state index contributed by atoms with van der Waals surface area (Å²) in [6, 6.07) is 3.46. The van der Waals surface area contributed by atoms with Crippen molar-refractivity contribution in [1.82, 2.24) is 4.90 Å². The zero-order valence-electron chi connectivity index (χ0n) is 10.9. The maximum atomic E-state index is 12.5. The fraction of sp³-hybridized carbons (Fsp3) is 0.385. The van der Waals surface area contributed by atoms with Crippen molar-refractivity contribution in [2.24, 2.45) is 0 Å². The van der Waals surface area contributed by atoms with E-state index in [-0.39, 0.29) is 11.3 Å². The lowest BCUT2D eigenvalue weighted by molar-refractivity contribution is -0.385. The molecule has 7 heteroatoms. The fourth-order valence-electron chi connectivity index (χ4n) is 2.49. The van der Waals surface area contributed by atoms with E-state index < -0.39 is 22.8 Å². The summed E-state index contributed by atoms with van der Waals surface area (Å²) in [7, 11) is 0. The van der Waals surface area contributed by atoms with Crippen molar-refractivity contribution in [1.29, 1.82) is 0 Å². The summed E-state index contributed by atoms with van der Waals surface area (Å²) in [4.78, 5) is 35.2. The average molecular weight is 278 g/mol. The van der Waals surface area contributed by atoms with E-state index in [0.717, 1.165) is 0 Å². The number of rotatable bonds is 3. The lowest BCUT2D eigenvalue weighted by Crippen LogP contribution is -2.40. The summed E-state index contributed by atoms with van der Waals surface area (Å²) in [6.07, 6.45) is 0.961. The Morgan fingerprint density at radius 3 is 2.75 bits per heavy atom. The van der Waals surface area contributed by atoms with Crippen molar-refractivity contribution in [3.63, 3.8) is 0 Å². The van der Waals surface area contributed by atoms with Crippen LogP contribution in [0, 0.1) is 17.0 Å². The number of benzene rings is 1. The van der Waals surface area contributed by atoms with E-state index in [9.17, 15) is 19.7 Å². The van der Waals surface area contributed by atoms with E-state index in [2.05, 4.69) is 0 Å². The van der Waals surface area contributed by atoms with Crippen LogP contribution in [0.1, 0.15) is 28.8 Å². The first-order valence-electron chi connectivity index (χ1n) is 6.21. The van der Waals surface area contributed by atoms with Crippen LogP contribution in [-0.2, 0) is 4.79 Å². The number of carbonyl (C=O) groups is 2. The van der Waals surface area contributed by atoms with Crippen LogP contribution in [0.5, 0.6) is 0 Å². The molecular weight excluding hydrogens is 264 g/mol. The van der Waals surface area contributed by atoms with E-state index in [1.807, 2.05) is 0 Å². The minimum Gasteiger partial charge on any atom is -0.480 e. The third-order valence-corrected chi connectivity index (χ3v) is 3.46. The van der Waals surface area contributed by atoms with Crippen LogP contribution in [0.15, 0.2) is 18.2 Å². The van der Waals surface area contributed by atoms with E-state index in [1.54, 1.807) is 13.0 Å². The first-order valence-corrected chi connectivity index (χ1v) is 6.21. The number of nitrogens with zero attached hydrogens (tertiary/aromatic N) is 2. The summed E-state index contributed by atoms with van der Waals surface area (Å²) in [5.41, 5.74) is 0.164. The Bertz CT molecular complexity index is 584. The number of likely N-dealkylation sites (tertiary alicyclic amines) is 1. The Labute approximate surface area is 115 Å². The van der Waals surface area contributed by atoms with Crippen LogP contribution in [0.4, 0.5) is 5.69 Å². The SMILES string of the molecule is Cc1cccc([N+](=O)[O-])c1C(=O)N1CCC[C@@H]1C(=O)O. The molecule has 106 valence electrons. The molecule has 1 aromatic rings. The Morgan fingerprint density at radius 2 is 2.15 bits per heavy atom. The molecule has 1 aromatic carbocycles. The number of amides is 1. The number of hydrogen-bond acceptors (Lipinski definition) is 4. The average Bonchev–Trinajstić information content (AvgIpc) is 2.86. The third kappa shape index (κ3) is 2.34. The van der Waals surface area contributed by atoms with Gasteiger partial charge in [0.25, 0.3) is 11.6 Å². The van der Waals surface area contributed by atoms with Gasteiger partial charge in [-0.1, -0.05) is 12.1 Å². The molecule has 7 nitrogen and oxygen atoms in total. The lowest BCUT2D eigenvalue weighted by atomic mass is 10.0. The normalized spacial score (nSPS) is 18.1. The summed E-state index contributed by atoms with van der Waals surface area (Å²) in [5.74, 6) is -1.66. The standard InChI is InChI=1S/C13H14N2O5/c1-8-4-2-5-9(15(19)20)11(8)12(16)14-7-3-6-10(14)13(17)18/h2,4-5,10H,3,6-7H2,1H3,(H,17,18)/t10-/m1/s1. The number of nitro groups is 1. The van der Waals surface area contributed by atoms with Crippen molar-refractivity contribution in [3.8, 4) is 0 Å². The zero-order valence-corrected chi connectivity index (χ0v) is 10.9. The summed E-state index contributed by atoms with van der Waals surface area (Å²) in [5, 5.41) is 20.1. The molecule has 2 rings (SSSR count). The van der Waals surface area contributed by atoms with Gasteiger partial charge in [-0.25, -0.2) is 4.79 Å². The van der Waals surface area contributed by atoms with Gasteiger partial charge in [-0.3, -0.25) is 14.9 Å². The topological polar surface area (TPSA) is 101 Å². The molecule has 20 heavy (non-hydrogen) atoms. The highest BCUT2D eigenvalue weighted by Crippen LogP contribution is 2.27. The van der Waals surface area contributed by atoms with Crippen molar-refractivity contribution in [2.75, 3.05) is 6.54 Å². The van der Waals surface area contributed by atoms with Gasteiger partial charge in [0.05, 0.1) is 4.92 Å². The molecule has 1 aliphatic rings. The number of carboxylic acids is 1. The number of aliphatic carboxylic acids is 1. The second-order valence-electron chi connectivity index (χ2n) is 4.72. The van der Waals surface area contributed by atoms with Gasteiger partial charge in [0.15, 0.2) is 0 Å². The molecule has 1 saturated heterocycles. The Kier molecular flexibility index (Phi) is 3.69. The summed E-state index contributed by atoms with van der Waals surface area (Å²) < 4.78 is 0.